The van der Waals surface area contributed by atoms with E-state index >= 15 is 0 Å². The van der Waals surface area contributed by atoms with Crippen LogP contribution in [0.25, 0.3) is 0 Å². The topological polar surface area (TPSA) is 136 Å². The summed E-state index contributed by atoms with van der Waals surface area (Å²) in [5.41, 5.74) is 0.999. The fourth-order valence-corrected chi connectivity index (χ4v) is 8.50. The monoisotopic (exact) mass is 648 g/mol. The predicted molar refractivity (Wildman–Crippen MR) is 176 cm³/mol. The van der Waals surface area contributed by atoms with Crippen molar-refractivity contribution in [2.24, 2.45) is 23.2 Å². The van der Waals surface area contributed by atoms with Crippen LogP contribution in [0.2, 0.25) is 5.02 Å². The number of halogens is 1. The molecule has 46 heavy (non-hydrogen) atoms. The highest BCUT2D eigenvalue weighted by Gasteiger charge is 2.55. The van der Waals surface area contributed by atoms with Crippen molar-refractivity contribution in [3.8, 4) is 6.07 Å². The summed E-state index contributed by atoms with van der Waals surface area (Å²) < 4.78 is 5.49. The van der Waals surface area contributed by atoms with Crippen molar-refractivity contribution in [2.75, 3.05) is 49.9 Å². The normalized spacial score (nSPS) is 26.8. The maximum absolute atomic E-state index is 13.2. The molecule has 1 unspecified atom stereocenters. The summed E-state index contributed by atoms with van der Waals surface area (Å²) in [4.78, 5) is 38.1. The number of carbonyl (C=O) groups is 2. The smallest absolute Gasteiger partial charge is 0.410 e. The Morgan fingerprint density at radius 2 is 1.76 bits per heavy atom. The highest BCUT2D eigenvalue weighted by atomic mass is 35.5. The Labute approximate surface area is 276 Å². The van der Waals surface area contributed by atoms with Gasteiger partial charge in [0.2, 0.25) is 11.9 Å². The molecule has 246 valence electrons. The SMILES string of the molecule is CC(C)(C)OC(=O)N1CCN(C(=O)CN[C@@H]2[C@@H]3CC4C[C@H]2C[C@](CNc2nc(NCc5ccccc5Cl)ncc2C#N)(C4)C3)CC1. The van der Waals surface area contributed by atoms with E-state index in [-0.39, 0.29) is 17.4 Å². The summed E-state index contributed by atoms with van der Waals surface area (Å²) in [7, 11) is 0. The number of carbonyl (C=O) groups excluding carboxylic acids is 2. The quantitative estimate of drug-likeness (QED) is 0.347. The van der Waals surface area contributed by atoms with Gasteiger partial charge in [-0.3, -0.25) is 4.79 Å². The number of benzene rings is 1. The van der Waals surface area contributed by atoms with Gasteiger partial charge in [-0.2, -0.15) is 10.2 Å². The Morgan fingerprint density at radius 1 is 1.07 bits per heavy atom. The van der Waals surface area contributed by atoms with Crippen molar-refractivity contribution in [1.29, 1.82) is 5.26 Å². The van der Waals surface area contributed by atoms with Gasteiger partial charge < -0.3 is 30.5 Å². The standard InChI is InChI=1S/C34H45ClN8O3/c1-33(2,3)46-32(45)43-10-8-42(9-11-43)28(44)20-37-29-24-12-22-13-25(29)16-34(14-22,15-24)21-40-30-26(17-36)19-39-31(41-30)38-18-23-6-4-5-7-27(23)35/h4-7,19,22,24-25,29,37H,8-16,18,20-21H2,1-3H3,(H2,38,39,40,41)/t22?,24-,25+,29-,34+. The number of amides is 2. The fourth-order valence-electron chi connectivity index (χ4n) is 8.30. The van der Waals surface area contributed by atoms with Crippen LogP contribution in [0.15, 0.2) is 30.5 Å². The zero-order valence-corrected chi connectivity index (χ0v) is 27.8. The minimum atomic E-state index is -0.532. The molecular weight excluding hydrogens is 604 g/mol. The predicted octanol–water partition coefficient (Wildman–Crippen LogP) is 4.89. The van der Waals surface area contributed by atoms with Crippen LogP contribution < -0.4 is 16.0 Å². The van der Waals surface area contributed by atoms with E-state index in [1.807, 2.05) is 49.9 Å². The van der Waals surface area contributed by atoms with E-state index in [1.165, 1.54) is 19.3 Å². The number of rotatable bonds is 9. The molecular formula is C34H45ClN8O3. The van der Waals surface area contributed by atoms with Gasteiger partial charge in [0.1, 0.15) is 23.1 Å². The highest BCUT2D eigenvalue weighted by Crippen LogP contribution is 2.60. The van der Waals surface area contributed by atoms with Crippen molar-refractivity contribution in [3.63, 3.8) is 0 Å². The van der Waals surface area contributed by atoms with Crippen molar-refractivity contribution in [2.45, 2.75) is 71.1 Å². The summed E-state index contributed by atoms with van der Waals surface area (Å²) in [5.74, 6) is 2.86. The van der Waals surface area contributed by atoms with Gasteiger partial charge in [0.25, 0.3) is 0 Å². The zero-order valence-electron chi connectivity index (χ0n) is 27.0. The largest absolute Gasteiger partial charge is 0.444 e. The van der Waals surface area contributed by atoms with Gasteiger partial charge in [-0.1, -0.05) is 29.8 Å². The van der Waals surface area contributed by atoms with Crippen LogP contribution in [-0.4, -0.2) is 82.7 Å². The van der Waals surface area contributed by atoms with E-state index in [1.54, 1.807) is 11.1 Å². The summed E-state index contributed by atoms with van der Waals surface area (Å²) in [6, 6.07) is 10.2. The lowest BCUT2D eigenvalue weighted by atomic mass is 9.48. The first kappa shape index (κ1) is 32.3. The Hall–Kier alpha value is -3.62. The molecule has 4 bridgehead atoms. The van der Waals surface area contributed by atoms with Crippen LogP contribution in [0, 0.1) is 34.5 Å². The van der Waals surface area contributed by atoms with E-state index in [2.05, 4.69) is 32.0 Å². The number of anilines is 2. The zero-order chi connectivity index (χ0) is 32.5. The van der Waals surface area contributed by atoms with Crippen LogP contribution in [0.1, 0.15) is 64.0 Å². The van der Waals surface area contributed by atoms with Crippen LogP contribution in [0.5, 0.6) is 0 Å². The highest BCUT2D eigenvalue weighted by molar-refractivity contribution is 6.31. The molecule has 0 spiro atoms. The molecule has 2 aromatic rings. The Balaban J connectivity index is 1.01. The number of hydrogen-bond donors (Lipinski definition) is 3. The second-order valence-electron chi connectivity index (χ2n) is 14.6. The number of nitriles is 1. The van der Waals surface area contributed by atoms with Gasteiger partial charge in [-0.15, -0.1) is 0 Å². The maximum Gasteiger partial charge on any atom is 0.410 e. The third-order valence-electron chi connectivity index (χ3n) is 10.1. The molecule has 3 N–H and O–H groups in total. The Bertz CT molecular complexity index is 1470. The molecule has 1 aromatic heterocycles. The van der Waals surface area contributed by atoms with E-state index in [0.29, 0.717) is 85.4 Å². The van der Waals surface area contributed by atoms with E-state index in [4.69, 9.17) is 16.3 Å². The lowest BCUT2D eigenvalue weighted by Gasteiger charge is -2.60. The van der Waals surface area contributed by atoms with E-state index in [9.17, 15) is 14.9 Å². The number of piperazine rings is 1. The van der Waals surface area contributed by atoms with Crippen LogP contribution in [0.3, 0.4) is 0 Å². The second-order valence-corrected chi connectivity index (χ2v) is 15.0. The van der Waals surface area contributed by atoms with Crippen molar-refractivity contribution < 1.29 is 14.3 Å². The van der Waals surface area contributed by atoms with Crippen molar-refractivity contribution in [3.05, 3.63) is 46.6 Å². The molecule has 0 radical (unpaired) electrons. The average Bonchev–Trinajstić information content (AvgIpc) is 3.02. The van der Waals surface area contributed by atoms with E-state index in [0.717, 1.165) is 24.9 Å². The van der Waals surface area contributed by atoms with Crippen LogP contribution in [0.4, 0.5) is 16.6 Å². The number of ether oxygens (including phenoxy) is 1. The van der Waals surface area contributed by atoms with Crippen molar-refractivity contribution >= 4 is 35.4 Å². The minimum Gasteiger partial charge on any atom is -0.444 e. The third-order valence-corrected chi connectivity index (χ3v) is 10.5. The lowest BCUT2D eigenvalue weighted by Crippen LogP contribution is -2.61. The van der Waals surface area contributed by atoms with Crippen LogP contribution in [-0.2, 0) is 16.1 Å². The number of nitrogens with one attached hydrogen (secondary N) is 3. The molecule has 12 heteroatoms. The molecule has 1 saturated heterocycles. The average molecular weight is 649 g/mol. The van der Waals surface area contributed by atoms with E-state index < -0.39 is 5.60 Å². The molecule has 2 heterocycles. The summed E-state index contributed by atoms with van der Waals surface area (Å²) in [6.07, 6.45) is 7.03. The lowest BCUT2D eigenvalue weighted by molar-refractivity contribution is -0.133. The number of nitrogens with zero attached hydrogens (tertiary/aromatic N) is 5. The summed E-state index contributed by atoms with van der Waals surface area (Å²) >= 11 is 6.31. The minimum absolute atomic E-state index is 0.0979. The molecule has 11 nitrogen and oxygen atoms in total. The Kier molecular flexibility index (Phi) is 9.31. The second kappa shape index (κ2) is 13.2. The van der Waals surface area contributed by atoms with Gasteiger partial charge in [0.05, 0.1) is 12.7 Å². The third kappa shape index (κ3) is 7.34. The first-order valence-corrected chi connectivity index (χ1v) is 16.9. The van der Waals surface area contributed by atoms with Gasteiger partial charge in [-0.25, -0.2) is 9.78 Å². The molecule has 1 aromatic carbocycles. The van der Waals surface area contributed by atoms with Gasteiger partial charge in [0, 0.05) is 50.3 Å². The van der Waals surface area contributed by atoms with Crippen LogP contribution >= 0.6 is 11.6 Å². The van der Waals surface area contributed by atoms with Gasteiger partial charge in [0.15, 0.2) is 0 Å². The Morgan fingerprint density at radius 3 is 2.43 bits per heavy atom. The molecule has 4 aliphatic carbocycles. The first-order valence-electron chi connectivity index (χ1n) is 16.5. The molecule has 2 amide bonds. The molecule has 7 rings (SSSR count). The maximum atomic E-state index is 13.2. The molecule has 5 fully saturated rings. The number of aromatic nitrogens is 2. The van der Waals surface area contributed by atoms with Crippen molar-refractivity contribution in [1.82, 2.24) is 25.1 Å². The molecule has 5 aliphatic rings. The molecule has 1 aliphatic heterocycles. The first-order chi connectivity index (χ1) is 22.0. The molecule has 5 atom stereocenters. The fraction of sp³-hybridized carbons (Fsp3) is 0.618. The molecule has 4 saturated carbocycles. The van der Waals surface area contributed by atoms with Gasteiger partial charge >= 0.3 is 6.09 Å². The van der Waals surface area contributed by atoms with Gasteiger partial charge in [-0.05, 0) is 87.7 Å². The summed E-state index contributed by atoms with van der Waals surface area (Å²) in [6.45, 7) is 9.20. The summed E-state index contributed by atoms with van der Waals surface area (Å²) in [5, 5.41) is 20.9. The number of hydrogen-bond acceptors (Lipinski definition) is 9.